The van der Waals surface area contributed by atoms with Crippen molar-refractivity contribution in [1.82, 2.24) is 4.90 Å². The molecule has 0 aromatic heterocycles. The molecule has 0 heterocycles. The van der Waals surface area contributed by atoms with Gasteiger partial charge in [-0.25, -0.2) is 0 Å². The van der Waals surface area contributed by atoms with Gasteiger partial charge >= 0.3 is 5.97 Å². The van der Waals surface area contributed by atoms with Gasteiger partial charge in [0.1, 0.15) is 6.61 Å². The Kier molecular flexibility index (Phi) is 27.1. The van der Waals surface area contributed by atoms with Gasteiger partial charge in [-0.2, -0.15) is 0 Å². The summed E-state index contributed by atoms with van der Waals surface area (Å²) in [4.78, 5) is 14.3. The minimum absolute atomic E-state index is 0.0290. The van der Waals surface area contributed by atoms with E-state index in [4.69, 9.17) is 4.74 Å². The smallest absolute Gasteiger partial charge is 0.306 e. The molecule has 0 saturated carbocycles. The molecule has 0 aromatic carbocycles. The second-order valence-electron chi connectivity index (χ2n) is 11.0. The van der Waals surface area contributed by atoms with Crippen LogP contribution in [0.25, 0.3) is 0 Å². The van der Waals surface area contributed by atoms with Crippen LogP contribution in [0.5, 0.6) is 0 Å². The number of carbonyl (C=O) groups is 1. The van der Waals surface area contributed by atoms with Crippen molar-refractivity contribution >= 4 is 5.97 Å². The number of unbranched alkanes of at least 4 members (excludes halogenated alkanes) is 15. The van der Waals surface area contributed by atoms with Crippen LogP contribution >= 0.6 is 0 Å². The Balaban J connectivity index is 3.74. The summed E-state index contributed by atoms with van der Waals surface area (Å²) in [5.74, 6) is 0.780. The molecule has 208 valence electrons. The fourth-order valence-electron chi connectivity index (χ4n) is 4.76. The molecule has 0 saturated heterocycles. The normalized spacial score (nSPS) is 12.6. The highest BCUT2D eigenvalue weighted by Gasteiger charge is 2.10. The molecule has 0 radical (unpaired) electrons. The second kappa shape index (κ2) is 27.8. The third-order valence-electron chi connectivity index (χ3n) is 7.18. The molecule has 0 aliphatic heterocycles. The van der Waals surface area contributed by atoms with E-state index in [0.29, 0.717) is 13.0 Å². The Labute approximate surface area is 220 Å². The number of nitrogens with zero attached hydrogens (tertiary/aromatic N) is 1. The Morgan fingerprint density at radius 3 is 1.74 bits per heavy atom. The first-order valence-corrected chi connectivity index (χ1v) is 15.5. The van der Waals surface area contributed by atoms with E-state index in [-0.39, 0.29) is 5.97 Å². The van der Waals surface area contributed by atoms with Crippen LogP contribution < -0.4 is 0 Å². The third-order valence-corrected chi connectivity index (χ3v) is 7.18. The van der Waals surface area contributed by atoms with Crippen LogP contribution in [0.4, 0.5) is 0 Å². The van der Waals surface area contributed by atoms with Gasteiger partial charge < -0.3 is 9.64 Å². The number of esters is 1. The predicted octanol–water partition coefficient (Wildman–Crippen LogP) is 9.89. The van der Waals surface area contributed by atoms with Gasteiger partial charge in [-0.1, -0.05) is 135 Å². The largest absolute Gasteiger partial charge is 0.461 e. The molecule has 0 fully saturated rings. The Hall–Kier alpha value is -0.830. The number of ether oxygens (including phenoxy) is 1. The van der Waals surface area contributed by atoms with Crippen LogP contribution in [-0.4, -0.2) is 38.1 Å². The van der Waals surface area contributed by atoms with Crippen molar-refractivity contribution in [2.45, 2.75) is 155 Å². The Morgan fingerprint density at radius 1 is 0.657 bits per heavy atom. The summed E-state index contributed by atoms with van der Waals surface area (Å²) in [6.45, 7) is 6.17. The van der Waals surface area contributed by atoms with Gasteiger partial charge in [-0.3, -0.25) is 4.79 Å². The van der Waals surface area contributed by atoms with E-state index in [1.165, 1.54) is 122 Å². The standard InChI is InChI=1S/C32H63NO2/c1-5-7-9-11-13-14-15-16-18-20-24-30-35-32(34)27-23-22-26-31(28-29-33(3)4)25-21-19-17-12-10-8-6-2/h20,24,31H,5-19,21-23,25-30H2,1-4H3. The first kappa shape index (κ1) is 34.2. The van der Waals surface area contributed by atoms with Gasteiger partial charge in [0.15, 0.2) is 0 Å². The molecule has 1 unspecified atom stereocenters. The van der Waals surface area contributed by atoms with Crippen LogP contribution in [0.3, 0.4) is 0 Å². The molecular formula is C32H63NO2. The molecule has 3 heteroatoms. The fraction of sp³-hybridized carbons (Fsp3) is 0.906. The van der Waals surface area contributed by atoms with Crippen LogP contribution in [0, 0.1) is 5.92 Å². The molecule has 0 amide bonds. The van der Waals surface area contributed by atoms with Crippen molar-refractivity contribution in [3.8, 4) is 0 Å². The maximum absolute atomic E-state index is 12.0. The van der Waals surface area contributed by atoms with Gasteiger partial charge in [0.05, 0.1) is 0 Å². The number of hydrogen-bond donors (Lipinski definition) is 0. The zero-order valence-electron chi connectivity index (χ0n) is 24.5. The van der Waals surface area contributed by atoms with Crippen molar-refractivity contribution in [2.24, 2.45) is 5.92 Å². The van der Waals surface area contributed by atoms with Crippen molar-refractivity contribution < 1.29 is 9.53 Å². The zero-order valence-corrected chi connectivity index (χ0v) is 24.5. The molecule has 0 aliphatic carbocycles. The molecule has 0 N–H and O–H groups in total. The van der Waals surface area contributed by atoms with Crippen LogP contribution in [0.1, 0.15) is 155 Å². The number of rotatable bonds is 27. The summed E-state index contributed by atoms with van der Waals surface area (Å²) in [7, 11) is 4.34. The Bertz CT molecular complexity index is 460. The average molecular weight is 494 g/mol. The Morgan fingerprint density at radius 2 is 1.17 bits per heavy atom. The number of carbonyl (C=O) groups excluding carboxylic acids is 1. The maximum atomic E-state index is 12.0. The van der Waals surface area contributed by atoms with Gasteiger partial charge in [0.2, 0.25) is 0 Å². The third kappa shape index (κ3) is 27.6. The quantitative estimate of drug-likeness (QED) is 0.0647. The maximum Gasteiger partial charge on any atom is 0.306 e. The summed E-state index contributed by atoms with van der Waals surface area (Å²) in [5.41, 5.74) is 0. The molecule has 1 atom stereocenters. The molecule has 0 aliphatic rings. The summed E-state index contributed by atoms with van der Waals surface area (Å²) in [6, 6.07) is 0. The molecule has 0 rings (SSSR count). The zero-order chi connectivity index (χ0) is 25.8. The van der Waals surface area contributed by atoms with Crippen LogP contribution in [0.15, 0.2) is 12.2 Å². The second-order valence-corrected chi connectivity index (χ2v) is 11.0. The van der Waals surface area contributed by atoms with Gasteiger partial charge in [0, 0.05) is 6.42 Å². The van der Waals surface area contributed by atoms with Gasteiger partial charge in [-0.15, -0.1) is 0 Å². The lowest BCUT2D eigenvalue weighted by molar-refractivity contribution is -0.142. The summed E-state index contributed by atoms with van der Waals surface area (Å²) >= 11 is 0. The highest BCUT2D eigenvalue weighted by Crippen LogP contribution is 2.22. The molecular weight excluding hydrogens is 430 g/mol. The molecule has 35 heavy (non-hydrogen) atoms. The van der Waals surface area contributed by atoms with Crippen molar-refractivity contribution in [2.75, 3.05) is 27.2 Å². The van der Waals surface area contributed by atoms with E-state index < -0.39 is 0 Å². The van der Waals surface area contributed by atoms with E-state index in [0.717, 1.165) is 25.2 Å². The van der Waals surface area contributed by atoms with E-state index in [9.17, 15) is 4.79 Å². The van der Waals surface area contributed by atoms with E-state index >= 15 is 0 Å². The summed E-state index contributed by atoms with van der Waals surface area (Å²) < 4.78 is 5.40. The van der Waals surface area contributed by atoms with E-state index in [1.54, 1.807) is 0 Å². The number of allylic oxidation sites excluding steroid dienone is 1. The average Bonchev–Trinajstić information content (AvgIpc) is 2.84. The van der Waals surface area contributed by atoms with Crippen LogP contribution in [-0.2, 0) is 9.53 Å². The lowest BCUT2D eigenvalue weighted by Crippen LogP contribution is -2.17. The van der Waals surface area contributed by atoms with Crippen molar-refractivity contribution in [3.63, 3.8) is 0 Å². The highest BCUT2D eigenvalue weighted by molar-refractivity contribution is 5.69. The molecule has 3 nitrogen and oxygen atoms in total. The minimum atomic E-state index is -0.0290. The lowest BCUT2D eigenvalue weighted by atomic mass is 9.91. The number of hydrogen-bond acceptors (Lipinski definition) is 3. The van der Waals surface area contributed by atoms with Gasteiger partial charge in [0.25, 0.3) is 0 Å². The first-order chi connectivity index (χ1) is 17.1. The summed E-state index contributed by atoms with van der Waals surface area (Å²) in [5, 5.41) is 0. The predicted molar refractivity (Wildman–Crippen MR) is 155 cm³/mol. The van der Waals surface area contributed by atoms with Crippen LogP contribution in [0.2, 0.25) is 0 Å². The van der Waals surface area contributed by atoms with Crippen molar-refractivity contribution in [3.05, 3.63) is 12.2 Å². The van der Waals surface area contributed by atoms with E-state index in [2.05, 4.69) is 38.9 Å². The first-order valence-electron chi connectivity index (χ1n) is 15.5. The molecule has 0 aromatic rings. The van der Waals surface area contributed by atoms with Gasteiger partial charge in [-0.05, 0) is 52.2 Å². The molecule has 0 bridgehead atoms. The highest BCUT2D eigenvalue weighted by atomic mass is 16.5. The topological polar surface area (TPSA) is 29.5 Å². The SMILES string of the molecule is CCCCCCCCCCC=CCOC(=O)CCCCC(CCCCCCCCC)CCN(C)C. The summed E-state index contributed by atoms with van der Waals surface area (Å²) in [6.07, 6.45) is 32.5. The van der Waals surface area contributed by atoms with Crippen molar-refractivity contribution in [1.29, 1.82) is 0 Å². The fourth-order valence-corrected chi connectivity index (χ4v) is 4.76. The lowest BCUT2D eigenvalue weighted by Gasteiger charge is -2.19. The molecule has 0 spiro atoms. The minimum Gasteiger partial charge on any atom is -0.461 e. The van der Waals surface area contributed by atoms with E-state index in [1.807, 2.05) is 6.08 Å². The monoisotopic (exact) mass is 493 g/mol.